The van der Waals surface area contributed by atoms with Gasteiger partial charge in [-0.2, -0.15) is 0 Å². The third-order valence-electron chi connectivity index (χ3n) is 8.03. The summed E-state index contributed by atoms with van der Waals surface area (Å²) in [6.07, 6.45) is 16.3. The standard InChI is InChI=1S/C26H46O2/c1-8-24(4,5)19-22(25(6,7)9-2)20-13-15-21(16-14-20)23(27)28-26(10-3)17-11-12-18-26/h13-15,21-23,27H,8-12,16-19H2,1-7H3. The second kappa shape index (κ2) is 9.47. The van der Waals surface area contributed by atoms with Crippen molar-refractivity contribution >= 4 is 0 Å². The van der Waals surface area contributed by atoms with Crippen LogP contribution >= 0.6 is 0 Å². The summed E-state index contributed by atoms with van der Waals surface area (Å²) in [6.45, 7) is 16.4. The molecular formula is C26H46O2. The number of allylic oxidation sites excluding steroid dienone is 3. The van der Waals surface area contributed by atoms with Gasteiger partial charge in [0.1, 0.15) is 0 Å². The molecule has 162 valence electrons. The van der Waals surface area contributed by atoms with Gasteiger partial charge in [0.05, 0.1) is 5.60 Å². The molecule has 0 aliphatic heterocycles. The zero-order valence-electron chi connectivity index (χ0n) is 19.7. The number of aliphatic hydroxyl groups is 1. The van der Waals surface area contributed by atoms with E-state index >= 15 is 0 Å². The van der Waals surface area contributed by atoms with E-state index in [-0.39, 0.29) is 16.9 Å². The van der Waals surface area contributed by atoms with E-state index in [4.69, 9.17) is 4.74 Å². The van der Waals surface area contributed by atoms with Gasteiger partial charge in [-0.15, -0.1) is 0 Å². The Kier molecular flexibility index (Phi) is 8.01. The molecule has 0 aromatic heterocycles. The van der Waals surface area contributed by atoms with Gasteiger partial charge in [-0.05, 0) is 54.4 Å². The molecule has 1 fully saturated rings. The van der Waals surface area contributed by atoms with Crippen LogP contribution < -0.4 is 0 Å². The zero-order chi connectivity index (χ0) is 21.0. The average molecular weight is 391 g/mol. The molecule has 2 nitrogen and oxygen atoms in total. The molecular weight excluding hydrogens is 344 g/mol. The molecule has 0 aromatic carbocycles. The Labute approximate surface area is 174 Å². The first-order valence-corrected chi connectivity index (χ1v) is 11.8. The molecule has 0 aromatic rings. The van der Waals surface area contributed by atoms with Crippen LogP contribution in [0, 0.1) is 22.7 Å². The number of hydrogen-bond acceptors (Lipinski definition) is 2. The molecule has 0 amide bonds. The van der Waals surface area contributed by atoms with Crippen LogP contribution in [0.25, 0.3) is 0 Å². The topological polar surface area (TPSA) is 29.5 Å². The van der Waals surface area contributed by atoms with Gasteiger partial charge in [0.25, 0.3) is 0 Å². The van der Waals surface area contributed by atoms with Crippen LogP contribution in [-0.2, 0) is 4.74 Å². The Morgan fingerprint density at radius 3 is 2.21 bits per heavy atom. The minimum Gasteiger partial charge on any atom is -0.367 e. The van der Waals surface area contributed by atoms with Crippen LogP contribution in [0.4, 0.5) is 0 Å². The Morgan fingerprint density at radius 2 is 1.75 bits per heavy atom. The Hall–Kier alpha value is -0.600. The van der Waals surface area contributed by atoms with Crippen LogP contribution in [0.2, 0.25) is 0 Å². The molecule has 1 N–H and O–H groups in total. The quantitative estimate of drug-likeness (QED) is 0.393. The lowest BCUT2D eigenvalue weighted by atomic mass is 9.65. The third kappa shape index (κ3) is 5.72. The number of aliphatic hydroxyl groups excluding tert-OH is 1. The maximum Gasteiger partial charge on any atom is 0.161 e. The van der Waals surface area contributed by atoms with Crippen molar-refractivity contribution in [1.29, 1.82) is 0 Å². The first-order chi connectivity index (χ1) is 13.1. The van der Waals surface area contributed by atoms with Crippen molar-refractivity contribution in [2.24, 2.45) is 22.7 Å². The lowest BCUT2D eigenvalue weighted by molar-refractivity contribution is -0.201. The molecule has 3 atom stereocenters. The molecule has 2 aliphatic carbocycles. The molecule has 0 radical (unpaired) electrons. The minimum atomic E-state index is -0.684. The van der Waals surface area contributed by atoms with Gasteiger partial charge in [-0.25, -0.2) is 0 Å². The maximum absolute atomic E-state index is 10.8. The van der Waals surface area contributed by atoms with Crippen LogP contribution in [0.1, 0.15) is 106 Å². The molecule has 2 aliphatic rings. The van der Waals surface area contributed by atoms with Crippen LogP contribution in [0.5, 0.6) is 0 Å². The molecule has 0 heterocycles. The predicted molar refractivity (Wildman–Crippen MR) is 120 cm³/mol. The fourth-order valence-corrected chi connectivity index (χ4v) is 4.83. The van der Waals surface area contributed by atoms with Crippen molar-refractivity contribution < 1.29 is 9.84 Å². The van der Waals surface area contributed by atoms with E-state index in [0.717, 1.165) is 25.7 Å². The van der Waals surface area contributed by atoms with E-state index in [1.54, 1.807) is 0 Å². The number of rotatable bonds is 10. The molecule has 2 heteroatoms. The van der Waals surface area contributed by atoms with Crippen LogP contribution in [0.15, 0.2) is 23.8 Å². The zero-order valence-corrected chi connectivity index (χ0v) is 19.7. The molecule has 0 spiro atoms. The van der Waals surface area contributed by atoms with E-state index in [0.29, 0.717) is 11.3 Å². The highest BCUT2D eigenvalue weighted by molar-refractivity contribution is 5.28. The molecule has 2 rings (SSSR count). The predicted octanol–water partition coefficient (Wildman–Crippen LogP) is 7.43. The second-order valence-corrected chi connectivity index (χ2v) is 10.8. The summed E-state index contributed by atoms with van der Waals surface area (Å²) in [5, 5.41) is 10.8. The maximum atomic E-state index is 10.8. The van der Waals surface area contributed by atoms with Crippen molar-refractivity contribution in [2.45, 2.75) is 118 Å². The number of hydrogen-bond donors (Lipinski definition) is 1. The first kappa shape index (κ1) is 23.7. The Bertz CT molecular complexity index is 549. The normalized spacial score (nSPS) is 24.9. The monoisotopic (exact) mass is 390 g/mol. The van der Waals surface area contributed by atoms with Gasteiger partial charge in [-0.1, -0.05) is 92.4 Å². The summed E-state index contributed by atoms with van der Waals surface area (Å²) < 4.78 is 6.24. The minimum absolute atomic E-state index is 0.0809. The van der Waals surface area contributed by atoms with Gasteiger partial charge in [0.15, 0.2) is 6.29 Å². The largest absolute Gasteiger partial charge is 0.367 e. The van der Waals surface area contributed by atoms with E-state index in [9.17, 15) is 5.11 Å². The third-order valence-corrected chi connectivity index (χ3v) is 8.03. The van der Waals surface area contributed by atoms with Crippen molar-refractivity contribution in [2.75, 3.05) is 0 Å². The summed E-state index contributed by atoms with van der Waals surface area (Å²) in [5.74, 6) is 0.636. The molecule has 28 heavy (non-hydrogen) atoms. The van der Waals surface area contributed by atoms with E-state index < -0.39 is 6.29 Å². The lowest BCUT2D eigenvalue weighted by Crippen LogP contribution is -2.37. The van der Waals surface area contributed by atoms with E-state index in [2.05, 4.69) is 66.7 Å². The highest BCUT2D eigenvalue weighted by Gasteiger charge is 2.38. The number of ether oxygens (including phenoxy) is 1. The summed E-state index contributed by atoms with van der Waals surface area (Å²) in [4.78, 5) is 0. The highest BCUT2D eigenvalue weighted by atomic mass is 16.6. The summed E-state index contributed by atoms with van der Waals surface area (Å²) >= 11 is 0. The van der Waals surface area contributed by atoms with E-state index in [1.807, 2.05) is 0 Å². The van der Waals surface area contributed by atoms with Crippen molar-refractivity contribution in [3.05, 3.63) is 23.8 Å². The first-order valence-electron chi connectivity index (χ1n) is 11.8. The average Bonchev–Trinajstić information content (AvgIpc) is 3.15. The summed E-state index contributed by atoms with van der Waals surface area (Å²) in [5.41, 5.74) is 2.00. The second-order valence-electron chi connectivity index (χ2n) is 10.8. The highest BCUT2D eigenvalue weighted by Crippen LogP contribution is 2.46. The molecule has 0 bridgehead atoms. The van der Waals surface area contributed by atoms with Gasteiger partial charge >= 0.3 is 0 Å². The van der Waals surface area contributed by atoms with Crippen molar-refractivity contribution in [1.82, 2.24) is 0 Å². The summed E-state index contributed by atoms with van der Waals surface area (Å²) in [7, 11) is 0. The fraction of sp³-hybridized carbons (Fsp3) is 0.846. The molecule has 0 saturated heterocycles. The SMILES string of the molecule is CCC(C)(C)CC(C1=CCC(C(O)OC2(CC)CCCC2)C=C1)C(C)(C)CC. The molecule has 3 unspecified atom stereocenters. The van der Waals surface area contributed by atoms with Crippen molar-refractivity contribution in [3.8, 4) is 0 Å². The Morgan fingerprint density at radius 1 is 1.11 bits per heavy atom. The van der Waals surface area contributed by atoms with Crippen LogP contribution in [-0.4, -0.2) is 17.0 Å². The lowest BCUT2D eigenvalue weighted by Gasteiger charge is -2.41. The van der Waals surface area contributed by atoms with Gasteiger partial charge in [0, 0.05) is 5.92 Å². The van der Waals surface area contributed by atoms with Crippen LogP contribution in [0.3, 0.4) is 0 Å². The van der Waals surface area contributed by atoms with Gasteiger partial charge in [-0.3, -0.25) is 0 Å². The van der Waals surface area contributed by atoms with Crippen molar-refractivity contribution in [3.63, 3.8) is 0 Å². The van der Waals surface area contributed by atoms with E-state index in [1.165, 1.54) is 37.7 Å². The summed E-state index contributed by atoms with van der Waals surface area (Å²) in [6, 6.07) is 0. The van der Waals surface area contributed by atoms with Gasteiger partial charge < -0.3 is 9.84 Å². The smallest absolute Gasteiger partial charge is 0.161 e. The molecule has 1 saturated carbocycles. The van der Waals surface area contributed by atoms with Gasteiger partial charge in [0.2, 0.25) is 0 Å². The Balaban J connectivity index is 2.08. The fourth-order valence-electron chi connectivity index (χ4n) is 4.83.